The molecule has 0 rings (SSSR count). The van der Waals surface area contributed by atoms with E-state index in [9.17, 15) is 4.79 Å². The molecule has 60 valence electrons. The number of nitriles is 1. The molecular weight excluding hydrogens is 142 g/mol. The van der Waals surface area contributed by atoms with Gasteiger partial charge in [0.15, 0.2) is 0 Å². The summed E-state index contributed by atoms with van der Waals surface area (Å²) in [5.74, 6) is -0.555. The van der Waals surface area contributed by atoms with Gasteiger partial charge in [0.05, 0.1) is 7.11 Å². The highest BCUT2D eigenvalue weighted by atomic mass is 16.5. The van der Waals surface area contributed by atoms with Crippen molar-refractivity contribution in [2.24, 2.45) is 0 Å². The summed E-state index contributed by atoms with van der Waals surface area (Å²) in [6, 6.07) is 1.77. The molecule has 0 bridgehead atoms. The van der Waals surface area contributed by atoms with E-state index in [0.29, 0.717) is 0 Å². The summed E-state index contributed by atoms with van der Waals surface area (Å²) >= 11 is 0. The zero-order valence-corrected chi connectivity index (χ0v) is 6.76. The fraction of sp³-hybridized carbons (Fsp3) is 0.500. The third-order valence-electron chi connectivity index (χ3n) is 1.16. The number of esters is 1. The molecule has 0 atom stereocenters. The molecule has 0 radical (unpaired) electrons. The van der Waals surface area contributed by atoms with Crippen LogP contribution in [0.4, 0.5) is 0 Å². The molecule has 0 saturated heterocycles. The summed E-state index contributed by atoms with van der Waals surface area (Å²) in [6.07, 6.45) is 3.24. The Morgan fingerprint density at radius 3 is 2.73 bits per heavy atom. The van der Waals surface area contributed by atoms with E-state index in [2.05, 4.69) is 4.74 Å². The van der Waals surface area contributed by atoms with Gasteiger partial charge in [-0.1, -0.05) is 19.4 Å². The Morgan fingerprint density at radius 1 is 1.73 bits per heavy atom. The number of hydrogen-bond donors (Lipinski definition) is 0. The average molecular weight is 153 g/mol. The SMILES string of the molecule is CCC/C=C(\C#N)C(=O)OC. The predicted octanol–water partition coefficient (Wildman–Crippen LogP) is 1.41. The number of carbonyl (C=O) groups excluding carboxylic acids is 1. The third-order valence-corrected chi connectivity index (χ3v) is 1.16. The van der Waals surface area contributed by atoms with E-state index >= 15 is 0 Å². The van der Waals surface area contributed by atoms with E-state index in [1.807, 2.05) is 6.92 Å². The molecular formula is C8H11NO2. The Morgan fingerprint density at radius 2 is 2.36 bits per heavy atom. The van der Waals surface area contributed by atoms with Crippen molar-refractivity contribution < 1.29 is 9.53 Å². The summed E-state index contributed by atoms with van der Waals surface area (Å²) in [6.45, 7) is 1.97. The molecule has 0 aromatic heterocycles. The van der Waals surface area contributed by atoms with Gasteiger partial charge >= 0.3 is 5.97 Å². The molecule has 0 fully saturated rings. The summed E-state index contributed by atoms with van der Waals surface area (Å²) in [4.78, 5) is 10.7. The Balaban J connectivity index is 4.18. The Hall–Kier alpha value is -1.30. The lowest BCUT2D eigenvalue weighted by Gasteiger charge is -1.94. The van der Waals surface area contributed by atoms with Gasteiger partial charge in [-0.3, -0.25) is 0 Å². The van der Waals surface area contributed by atoms with E-state index in [1.165, 1.54) is 7.11 Å². The molecule has 0 heterocycles. The molecule has 0 spiro atoms. The number of carbonyl (C=O) groups is 1. The molecule has 0 aliphatic carbocycles. The van der Waals surface area contributed by atoms with Crippen molar-refractivity contribution in [1.29, 1.82) is 5.26 Å². The van der Waals surface area contributed by atoms with Gasteiger partial charge in [0.25, 0.3) is 0 Å². The molecule has 11 heavy (non-hydrogen) atoms. The smallest absolute Gasteiger partial charge is 0.348 e. The van der Waals surface area contributed by atoms with Crippen molar-refractivity contribution in [2.75, 3.05) is 7.11 Å². The number of hydrogen-bond acceptors (Lipinski definition) is 3. The number of nitrogens with zero attached hydrogens (tertiary/aromatic N) is 1. The fourth-order valence-electron chi connectivity index (χ4n) is 0.573. The normalized spacial score (nSPS) is 10.5. The lowest BCUT2D eigenvalue weighted by molar-refractivity contribution is -0.135. The highest BCUT2D eigenvalue weighted by molar-refractivity contribution is 5.92. The maximum atomic E-state index is 10.7. The predicted molar refractivity (Wildman–Crippen MR) is 40.6 cm³/mol. The first kappa shape index (κ1) is 9.70. The maximum Gasteiger partial charge on any atom is 0.348 e. The van der Waals surface area contributed by atoms with Gasteiger partial charge in [-0.05, 0) is 6.42 Å². The second-order valence-electron chi connectivity index (χ2n) is 2.01. The fourth-order valence-corrected chi connectivity index (χ4v) is 0.573. The van der Waals surface area contributed by atoms with Crippen molar-refractivity contribution in [3.63, 3.8) is 0 Å². The zero-order chi connectivity index (χ0) is 8.69. The zero-order valence-electron chi connectivity index (χ0n) is 6.76. The third kappa shape index (κ3) is 3.41. The van der Waals surface area contributed by atoms with Crippen LogP contribution >= 0.6 is 0 Å². The Kier molecular flexibility index (Phi) is 4.83. The largest absolute Gasteiger partial charge is 0.465 e. The second-order valence-corrected chi connectivity index (χ2v) is 2.01. The van der Waals surface area contributed by atoms with Crippen LogP contribution < -0.4 is 0 Å². The van der Waals surface area contributed by atoms with Crippen molar-refractivity contribution in [2.45, 2.75) is 19.8 Å². The molecule has 0 aliphatic rings. The minimum Gasteiger partial charge on any atom is -0.465 e. The van der Waals surface area contributed by atoms with Crippen molar-refractivity contribution in [3.8, 4) is 6.07 Å². The van der Waals surface area contributed by atoms with Crippen molar-refractivity contribution in [1.82, 2.24) is 0 Å². The summed E-state index contributed by atoms with van der Waals surface area (Å²) in [5, 5.41) is 8.44. The first-order valence-corrected chi connectivity index (χ1v) is 3.44. The number of methoxy groups -OCH3 is 1. The molecule has 0 amide bonds. The van der Waals surface area contributed by atoms with E-state index in [-0.39, 0.29) is 5.57 Å². The lowest BCUT2D eigenvalue weighted by atomic mass is 10.2. The van der Waals surface area contributed by atoms with Gasteiger partial charge in [0.1, 0.15) is 11.6 Å². The van der Waals surface area contributed by atoms with Gasteiger partial charge < -0.3 is 4.74 Å². The van der Waals surface area contributed by atoms with Crippen LogP contribution in [-0.4, -0.2) is 13.1 Å². The van der Waals surface area contributed by atoms with Crippen molar-refractivity contribution >= 4 is 5.97 Å². The summed E-state index contributed by atoms with van der Waals surface area (Å²) in [7, 11) is 1.26. The number of rotatable bonds is 3. The highest BCUT2D eigenvalue weighted by Gasteiger charge is 2.06. The Bertz CT molecular complexity index is 201. The second kappa shape index (κ2) is 5.48. The van der Waals surface area contributed by atoms with Crippen LogP contribution in [0, 0.1) is 11.3 Å². The number of ether oxygens (including phenoxy) is 1. The molecule has 0 aromatic rings. The van der Waals surface area contributed by atoms with Gasteiger partial charge in [0.2, 0.25) is 0 Å². The first-order chi connectivity index (χ1) is 5.26. The number of allylic oxidation sites excluding steroid dienone is 1. The lowest BCUT2D eigenvalue weighted by Crippen LogP contribution is -2.02. The summed E-state index contributed by atoms with van der Waals surface area (Å²) in [5.41, 5.74) is 0.0920. The molecule has 0 aliphatic heterocycles. The van der Waals surface area contributed by atoms with Gasteiger partial charge in [0, 0.05) is 0 Å². The summed E-state index contributed by atoms with van der Waals surface area (Å²) < 4.78 is 4.37. The molecule has 3 nitrogen and oxygen atoms in total. The first-order valence-electron chi connectivity index (χ1n) is 3.44. The Labute approximate surface area is 66.3 Å². The quantitative estimate of drug-likeness (QED) is 0.350. The van der Waals surface area contributed by atoms with Crippen LogP contribution in [0.15, 0.2) is 11.6 Å². The molecule has 0 N–H and O–H groups in total. The van der Waals surface area contributed by atoms with Gasteiger partial charge in [-0.25, -0.2) is 4.79 Å². The monoisotopic (exact) mass is 153 g/mol. The van der Waals surface area contributed by atoms with E-state index < -0.39 is 5.97 Å². The van der Waals surface area contributed by atoms with Crippen LogP contribution in [0.2, 0.25) is 0 Å². The minimum atomic E-state index is -0.555. The maximum absolute atomic E-state index is 10.7. The minimum absolute atomic E-state index is 0.0920. The molecule has 0 unspecified atom stereocenters. The number of unbranched alkanes of at least 4 members (excludes halogenated alkanes) is 1. The van der Waals surface area contributed by atoms with Crippen LogP contribution in [-0.2, 0) is 9.53 Å². The van der Waals surface area contributed by atoms with Crippen LogP contribution in [0.25, 0.3) is 0 Å². The van der Waals surface area contributed by atoms with Gasteiger partial charge in [-0.15, -0.1) is 0 Å². The topological polar surface area (TPSA) is 50.1 Å². The van der Waals surface area contributed by atoms with E-state index in [4.69, 9.17) is 5.26 Å². The van der Waals surface area contributed by atoms with Crippen LogP contribution in [0.3, 0.4) is 0 Å². The van der Waals surface area contributed by atoms with Crippen LogP contribution in [0.1, 0.15) is 19.8 Å². The highest BCUT2D eigenvalue weighted by Crippen LogP contribution is 1.99. The van der Waals surface area contributed by atoms with Gasteiger partial charge in [-0.2, -0.15) is 5.26 Å². The van der Waals surface area contributed by atoms with Crippen LogP contribution in [0.5, 0.6) is 0 Å². The van der Waals surface area contributed by atoms with E-state index in [0.717, 1.165) is 12.8 Å². The average Bonchev–Trinajstić information content (AvgIpc) is 2.05. The standard InChI is InChI=1S/C8H11NO2/c1-3-4-5-7(6-9)8(10)11-2/h5H,3-4H2,1-2H3/b7-5+. The van der Waals surface area contributed by atoms with Crippen molar-refractivity contribution in [3.05, 3.63) is 11.6 Å². The molecule has 0 saturated carbocycles. The molecule has 3 heteroatoms. The molecule has 0 aromatic carbocycles. The van der Waals surface area contributed by atoms with E-state index in [1.54, 1.807) is 12.1 Å².